The third-order valence-corrected chi connectivity index (χ3v) is 8.88. The highest BCUT2D eigenvalue weighted by atomic mass is 32.2. The van der Waals surface area contributed by atoms with Crippen molar-refractivity contribution in [2.24, 2.45) is 4.99 Å². The summed E-state index contributed by atoms with van der Waals surface area (Å²) < 4.78 is 48.9. The van der Waals surface area contributed by atoms with Gasteiger partial charge in [0.15, 0.2) is 4.80 Å². The van der Waals surface area contributed by atoms with Gasteiger partial charge in [0.25, 0.3) is 5.91 Å². The number of thiazole rings is 1. The summed E-state index contributed by atoms with van der Waals surface area (Å²) in [6, 6.07) is 10.3. The van der Waals surface area contributed by atoms with Crippen LogP contribution in [0.2, 0.25) is 0 Å². The summed E-state index contributed by atoms with van der Waals surface area (Å²) in [5.41, 5.74) is 1.05. The maximum Gasteiger partial charge on any atom is 0.279 e. The number of carbonyl (C=O) groups is 1. The summed E-state index contributed by atoms with van der Waals surface area (Å²) in [6.45, 7) is 3.29. The van der Waals surface area contributed by atoms with Crippen molar-refractivity contribution in [1.29, 1.82) is 0 Å². The Bertz CT molecular complexity index is 1330. The van der Waals surface area contributed by atoms with Crippen LogP contribution in [-0.2, 0) is 21.3 Å². The highest BCUT2D eigenvalue weighted by molar-refractivity contribution is 7.89. The number of methoxy groups -OCH3 is 1. The lowest BCUT2D eigenvalue weighted by Crippen LogP contribution is -2.41. The van der Waals surface area contributed by atoms with Gasteiger partial charge in [-0.3, -0.25) is 4.79 Å². The molecule has 1 aliphatic heterocycles. The number of nitrogens with zero attached hydrogens (tertiary/aromatic N) is 3. The number of fused-ring (bicyclic) bond motifs is 1. The van der Waals surface area contributed by atoms with Crippen molar-refractivity contribution in [3.8, 4) is 0 Å². The summed E-state index contributed by atoms with van der Waals surface area (Å²) in [5.74, 6) is -0.858. The van der Waals surface area contributed by atoms with Gasteiger partial charge in [0.2, 0.25) is 10.0 Å². The first-order valence-electron chi connectivity index (χ1n) is 10.8. The molecular weight excluding hydrogens is 465 g/mol. The van der Waals surface area contributed by atoms with E-state index in [0.29, 0.717) is 29.2 Å². The standard InChI is InChI=1S/C23H26FN3O4S2/c1-16-5-3-4-12-27(16)33(29,30)19-9-6-17(7-10-19)22(28)25-23-26(13-14-31-2)20-11-8-18(24)15-21(20)32-23/h6-11,15-16H,3-5,12-14H2,1-2H3. The second-order valence-electron chi connectivity index (χ2n) is 8.04. The Labute approximate surface area is 196 Å². The number of hydrogen-bond acceptors (Lipinski definition) is 5. The van der Waals surface area contributed by atoms with Crippen LogP contribution < -0.4 is 4.80 Å². The van der Waals surface area contributed by atoms with Crippen LogP contribution in [0.1, 0.15) is 36.5 Å². The van der Waals surface area contributed by atoms with Crippen LogP contribution in [0.25, 0.3) is 10.2 Å². The number of amides is 1. The van der Waals surface area contributed by atoms with E-state index in [0.717, 1.165) is 24.8 Å². The molecule has 1 amide bonds. The van der Waals surface area contributed by atoms with E-state index >= 15 is 0 Å². The molecule has 1 saturated heterocycles. The van der Waals surface area contributed by atoms with Crippen LogP contribution in [0, 0.1) is 5.82 Å². The summed E-state index contributed by atoms with van der Waals surface area (Å²) in [5, 5.41) is 0. The van der Waals surface area contributed by atoms with Gasteiger partial charge in [-0.05, 0) is 62.2 Å². The van der Waals surface area contributed by atoms with E-state index in [1.165, 1.54) is 52.0 Å². The average Bonchev–Trinajstić information content (AvgIpc) is 3.13. The monoisotopic (exact) mass is 491 g/mol. The zero-order valence-electron chi connectivity index (χ0n) is 18.5. The molecule has 1 unspecified atom stereocenters. The van der Waals surface area contributed by atoms with Gasteiger partial charge in [-0.2, -0.15) is 9.30 Å². The lowest BCUT2D eigenvalue weighted by atomic mass is 10.1. The number of carbonyl (C=O) groups excluding carboxylic acids is 1. The predicted molar refractivity (Wildman–Crippen MR) is 125 cm³/mol. The average molecular weight is 492 g/mol. The second kappa shape index (κ2) is 9.84. The van der Waals surface area contributed by atoms with E-state index in [4.69, 9.17) is 4.74 Å². The molecule has 10 heteroatoms. The second-order valence-corrected chi connectivity index (χ2v) is 10.9. The van der Waals surface area contributed by atoms with Crippen LogP contribution in [0.4, 0.5) is 4.39 Å². The zero-order valence-corrected chi connectivity index (χ0v) is 20.2. The van der Waals surface area contributed by atoms with Gasteiger partial charge < -0.3 is 9.30 Å². The molecule has 1 fully saturated rings. The maximum absolute atomic E-state index is 13.7. The van der Waals surface area contributed by atoms with Gasteiger partial charge in [0.1, 0.15) is 5.82 Å². The van der Waals surface area contributed by atoms with Crippen molar-refractivity contribution < 1.29 is 22.3 Å². The molecular formula is C23H26FN3O4S2. The first kappa shape index (κ1) is 23.7. The van der Waals surface area contributed by atoms with E-state index < -0.39 is 15.9 Å². The summed E-state index contributed by atoms with van der Waals surface area (Å²) in [7, 11) is -2.03. The molecule has 7 nitrogen and oxygen atoms in total. The largest absolute Gasteiger partial charge is 0.383 e. The maximum atomic E-state index is 13.7. The van der Waals surface area contributed by atoms with Gasteiger partial charge in [-0.15, -0.1) is 0 Å². The van der Waals surface area contributed by atoms with Crippen molar-refractivity contribution in [1.82, 2.24) is 8.87 Å². The van der Waals surface area contributed by atoms with Crippen molar-refractivity contribution in [3.05, 3.63) is 58.6 Å². The molecule has 2 heterocycles. The number of rotatable bonds is 6. The zero-order chi connectivity index (χ0) is 23.6. The van der Waals surface area contributed by atoms with E-state index in [1.54, 1.807) is 13.2 Å². The highest BCUT2D eigenvalue weighted by Crippen LogP contribution is 2.25. The minimum Gasteiger partial charge on any atom is -0.383 e. The highest BCUT2D eigenvalue weighted by Gasteiger charge is 2.30. The predicted octanol–water partition coefficient (Wildman–Crippen LogP) is 3.79. The van der Waals surface area contributed by atoms with Crippen LogP contribution in [0.15, 0.2) is 52.4 Å². The molecule has 0 saturated carbocycles. The fourth-order valence-corrected chi connectivity index (χ4v) is 6.80. The molecule has 0 N–H and O–H groups in total. The molecule has 0 bridgehead atoms. The van der Waals surface area contributed by atoms with Crippen molar-refractivity contribution >= 4 is 37.5 Å². The van der Waals surface area contributed by atoms with Gasteiger partial charge in [-0.1, -0.05) is 17.8 Å². The fraction of sp³-hybridized carbons (Fsp3) is 0.391. The molecule has 3 aromatic rings. The first-order chi connectivity index (χ1) is 15.8. The molecule has 4 rings (SSSR count). The summed E-state index contributed by atoms with van der Waals surface area (Å²) >= 11 is 1.22. The van der Waals surface area contributed by atoms with Gasteiger partial charge in [-0.25, -0.2) is 12.8 Å². The van der Waals surface area contributed by atoms with Crippen molar-refractivity contribution in [2.75, 3.05) is 20.3 Å². The third kappa shape index (κ3) is 4.93. The SMILES string of the molecule is COCCn1c(=NC(=O)c2ccc(S(=O)(=O)N3CCCCC3C)cc2)sc2cc(F)ccc21. The molecule has 0 aliphatic carbocycles. The minimum absolute atomic E-state index is 0.0413. The van der Waals surface area contributed by atoms with E-state index in [-0.39, 0.29) is 22.3 Å². The van der Waals surface area contributed by atoms with Crippen LogP contribution in [-0.4, -0.2) is 49.5 Å². The van der Waals surface area contributed by atoms with Gasteiger partial charge in [0, 0.05) is 31.8 Å². The number of hydrogen-bond donors (Lipinski definition) is 0. The Morgan fingerprint density at radius 2 is 1.97 bits per heavy atom. The van der Waals surface area contributed by atoms with Gasteiger partial charge >= 0.3 is 0 Å². The Morgan fingerprint density at radius 1 is 1.21 bits per heavy atom. The van der Waals surface area contributed by atoms with Crippen molar-refractivity contribution in [3.63, 3.8) is 0 Å². The van der Waals surface area contributed by atoms with Crippen LogP contribution >= 0.6 is 11.3 Å². The van der Waals surface area contributed by atoms with E-state index in [1.807, 2.05) is 11.5 Å². The molecule has 1 atom stereocenters. The lowest BCUT2D eigenvalue weighted by molar-refractivity contribution is 0.0997. The number of aromatic nitrogens is 1. The quantitative estimate of drug-likeness (QED) is 0.525. The summed E-state index contributed by atoms with van der Waals surface area (Å²) in [4.78, 5) is 17.7. The summed E-state index contributed by atoms with van der Waals surface area (Å²) in [6.07, 6.45) is 2.72. The Kier molecular flexibility index (Phi) is 7.08. The Hall–Kier alpha value is -2.40. The molecule has 0 radical (unpaired) electrons. The van der Waals surface area contributed by atoms with E-state index in [2.05, 4.69) is 4.99 Å². The lowest BCUT2D eigenvalue weighted by Gasteiger charge is -2.32. The van der Waals surface area contributed by atoms with Crippen LogP contribution in [0.3, 0.4) is 0 Å². The topological polar surface area (TPSA) is 81.0 Å². The molecule has 33 heavy (non-hydrogen) atoms. The number of sulfonamides is 1. The minimum atomic E-state index is -3.61. The number of halogens is 1. The van der Waals surface area contributed by atoms with E-state index in [9.17, 15) is 17.6 Å². The molecule has 1 aromatic heterocycles. The van der Waals surface area contributed by atoms with Gasteiger partial charge in [0.05, 0.1) is 21.7 Å². The molecule has 176 valence electrons. The molecule has 2 aromatic carbocycles. The fourth-order valence-electron chi connectivity index (χ4n) is 4.02. The van der Waals surface area contributed by atoms with Crippen LogP contribution in [0.5, 0.6) is 0 Å². The smallest absolute Gasteiger partial charge is 0.279 e. The first-order valence-corrected chi connectivity index (χ1v) is 13.1. The molecule has 0 spiro atoms. The number of ether oxygens (including phenoxy) is 1. The number of piperidine rings is 1. The Morgan fingerprint density at radius 3 is 2.67 bits per heavy atom. The molecule has 1 aliphatic rings. The van der Waals surface area contributed by atoms with Crippen molar-refractivity contribution in [2.45, 2.75) is 43.7 Å². The number of benzene rings is 2. The third-order valence-electron chi connectivity index (χ3n) is 5.81. The Balaban J connectivity index is 1.64. The normalized spacial score (nSPS) is 18.2.